The van der Waals surface area contributed by atoms with Crippen LogP contribution in [0, 0.1) is 0 Å². The minimum atomic E-state index is -4.00. The van der Waals surface area contributed by atoms with Crippen LogP contribution in [0.4, 0.5) is 0 Å². The fourth-order valence-corrected chi connectivity index (χ4v) is 3.24. The lowest BCUT2D eigenvalue weighted by molar-refractivity contribution is 0.0857. The number of carbonyl (C=O) groups is 1. The summed E-state index contributed by atoms with van der Waals surface area (Å²) in [5.41, 5.74) is -0.0404. The number of benzene rings is 1. The molecule has 0 aliphatic carbocycles. The molecule has 9 heteroatoms. The molecule has 0 bridgehead atoms. The van der Waals surface area contributed by atoms with Gasteiger partial charge in [0.2, 0.25) is 0 Å². The summed E-state index contributed by atoms with van der Waals surface area (Å²) in [6, 6.07) is 2.20. The van der Waals surface area contributed by atoms with Gasteiger partial charge in [-0.1, -0.05) is 23.2 Å². The van der Waals surface area contributed by atoms with E-state index in [1.807, 2.05) is 0 Å². The van der Waals surface area contributed by atoms with Gasteiger partial charge in [0, 0.05) is 23.8 Å². The number of carbonyl (C=O) groups excluding carboxylic acids is 1. The quantitative estimate of drug-likeness (QED) is 0.825. The van der Waals surface area contributed by atoms with Gasteiger partial charge in [0.25, 0.3) is 15.0 Å². The van der Waals surface area contributed by atoms with Crippen LogP contribution < -0.4 is 5.32 Å². The van der Waals surface area contributed by atoms with Gasteiger partial charge in [-0.25, -0.2) is 8.42 Å². The van der Waals surface area contributed by atoms with E-state index in [4.69, 9.17) is 38.6 Å². The molecule has 1 aromatic carbocycles. The maximum absolute atomic E-state index is 12.1. The van der Waals surface area contributed by atoms with E-state index in [0.29, 0.717) is 13.2 Å². The molecule has 21 heavy (non-hydrogen) atoms. The Kier molecular flexibility index (Phi) is 5.38. The summed E-state index contributed by atoms with van der Waals surface area (Å²) in [6.45, 7) is 0.998. The highest BCUT2D eigenvalue weighted by Gasteiger charge is 2.21. The average Bonchev–Trinajstić information content (AvgIpc) is 2.91. The number of rotatable bonds is 4. The molecule has 1 amide bonds. The highest BCUT2D eigenvalue weighted by Crippen LogP contribution is 2.30. The minimum absolute atomic E-state index is 0.0226. The molecule has 1 fully saturated rings. The van der Waals surface area contributed by atoms with Crippen molar-refractivity contribution in [3.05, 3.63) is 27.7 Å². The molecule has 1 aliphatic rings. The number of halogens is 3. The van der Waals surface area contributed by atoms with Crippen molar-refractivity contribution in [1.29, 1.82) is 0 Å². The van der Waals surface area contributed by atoms with Gasteiger partial charge >= 0.3 is 0 Å². The van der Waals surface area contributed by atoms with Gasteiger partial charge < -0.3 is 10.1 Å². The Hall–Kier alpha value is -0.530. The van der Waals surface area contributed by atoms with E-state index in [0.717, 1.165) is 25.0 Å². The lowest BCUT2D eigenvalue weighted by Gasteiger charge is -2.12. The molecule has 1 aromatic rings. The lowest BCUT2D eigenvalue weighted by Crippen LogP contribution is -2.32. The van der Waals surface area contributed by atoms with Gasteiger partial charge in [-0.3, -0.25) is 4.79 Å². The van der Waals surface area contributed by atoms with Crippen LogP contribution in [0.3, 0.4) is 0 Å². The van der Waals surface area contributed by atoms with E-state index < -0.39 is 15.0 Å². The third kappa shape index (κ3) is 4.23. The Morgan fingerprint density at radius 1 is 1.38 bits per heavy atom. The summed E-state index contributed by atoms with van der Waals surface area (Å²) >= 11 is 11.8. The Bertz CT molecular complexity index is 657. The van der Waals surface area contributed by atoms with Crippen molar-refractivity contribution in [1.82, 2.24) is 5.32 Å². The second-order valence-corrected chi connectivity index (χ2v) is 7.90. The van der Waals surface area contributed by atoms with Crippen LogP contribution in [-0.4, -0.2) is 33.6 Å². The molecule has 1 N–H and O–H groups in total. The zero-order chi connectivity index (χ0) is 15.6. The summed E-state index contributed by atoms with van der Waals surface area (Å²) in [7, 11) is 1.25. The van der Waals surface area contributed by atoms with Crippen LogP contribution >= 0.6 is 33.9 Å². The van der Waals surface area contributed by atoms with Crippen molar-refractivity contribution in [2.24, 2.45) is 0 Å². The maximum atomic E-state index is 12.1. The molecular formula is C12H12Cl3NO4S. The number of amides is 1. The SMILES string of the molecule is O=C(NCC1CCCO1)c1cc(S(=O)(=O)Cl)cc(Cl)c1Cl. The Morgan fingerprint density at radius 2 is 2.10 bits per heavy atom. The fraction of sp³-hybridized carbons (Fsp3) is 0.417. The van der Waals surface area contributed by atoms with Crippen LogP contribution in [0.1, 0.15) is 23.2 Å². The highest BCUT2D eigenvalue weighted by atomic mass is 35.7. The number of hydrogen-bond acceptors (Lipinski definition) is 4. The number of nitrogens with one attached hydrogen (secondary N) is 1. The second-order valence-electron chi connectivity index (χ2n) is 4.55. The molecule has 1 aliphatic heterocycles. The molecular weight excluding hydrogens is 361 g/mol. The van der Waals surface area contributed by atoms with Gasteiger partial charge in [-0.05, 0) is 25.0 Å². The van der Waals surface area contributed by atoms with Crippen LogP contribution in [0.15, 0.2) is 17.0 Å². The first kappa shape index (κ1) is 16.8. The Labute approximate surface area is 136 Å². The van der Waals surface area contributed by atoms with Gasteiger partial charge in [0.1, 0.15) is 0 Å². The molecule has 2 rings (SSSR count). The van der Waals surface area contributed by atoms with Gasteiger partial charge in [-0.2, -0.15) is 0 Å². The first-order valence-corrected chi connectivity index (χ1v) is 9.19. The van der Waals surface area contributed by atoms with Crippen molar-refractivity contribution < 1.29 is 17.9 Å². The van der Waals surface area contributed by atoms with Crippen molar-refractivity contribution in [2.45, 2.75) is 23.8 Å². The smallest absolute Gasteiger partial charge is 0.261 e. The van der Waals surface area contributed by atoms with Crippen molar-refractivity contribution in [2.75, 3.05) is 13.2 Å². The monoisotopic (exact) mass is 371 g/mol. The average molecular weight is 373 g/mol. The molecule has 1 atom stereocenters. The molecule has 0 saturated carbocycles. The zero-order valence-corrected chi connectivity index (χ0v) is 13.8. The summed E-state index contributed by atoms with van der Waals surface area (Å²) in [4.78, 5) is 11.8. The number of ether oxygens (including phenoxy) is 1. The molecule has 0 aromatic heterocycles. The molecule has 5 nitrogen and oxygen atoms in total. The number of hydrogen-bond donors (Lipinski definition) is 1. The van der Waals surface area contributed by atoms with E-state index in [-0.39, 0.29) is 26.6 Å². The molecule has 0 spiro atoms. The van der Waals surface area contributed by atoms with Crippen LogP contribution in [0.25, 0.3) is 0 Å². The van der Waals surface area contributed by atoms with Crippen LogP contribution in [0.2, 0.25) is 10.0 Å². The zero-order valence-electron chi connectivity index (χ0n) is 10.7. The van der Waals surface area contributed by atoms with E-state index in [9.17, 15) is 13.2 Å². The van der Waals surface area contributed by atoms with Crippen molar-refractivity contribution in [3.8, 4) is 0 Å². The molecule has 1 heterocycles. The van der Waals surface area contributed by atoms with Gasteiger partial charge in [0.15, 0.2) is 0 Å². The van der Waals surface area contributed by atoms with Crippen molar-refractivity contribution in [3.63, 3.8) is 0 Å². The predicted octanol–water partition coefficient (Wildman–Crippen LogP) is 2.83. The van der Waals surface area contributed by atoms with E-state index in [2.05, 4.69) is 5.32 Å². The van der Waals surface area contributed by atoms with Gasteiger partial charge in [0.05, 0.1) is 26.6 Å². The Morgan fingerprint density at radius 3 is 2.67 bits per heavy atom. The maximum Gasteiger partial charge on any atom is 0.261 e. The topological polar surface area (TPSA) is 72.5 Å². The highest BCUT2D eigenvalue weighted by molar-refractivity contribution is 8.13. The predicted molar refractivity (Wildman–Crippen MR) is 80.8 cm³/mol. The second kappa shape index (κ2) is 6.71. The summed E-state index contributed by atoms with van der Waals surface area (Å²) in [5, 5.41) is 2.57. The minimum Gasteiger partial charge on any atom is -0.376 e. The van der Waals surface area contributed by atoms with Crippen LogP contribution in [-0.2, 0) is 13.8 Å². The summed E-state index contributed by atoms with van der Waals surface area (Å²) in [5.74, 6) is -0.528. The third-order valence-corrected chi connectivity index (χ3v) is 5.18. The van der Waals surface area contributed by atoms with E-state index >= 15 is 0 Å². The van der Waals surface area contributed by atoms with Gasteiger partial charge in [-0.15, -0.1) is 0 Å². The van der Waals surface area contributed by atoms with E-state index in [1.54, 1.807) is 0 Å². The third-order valence-electron chi connectivity index (χ3n) is 3.04. The first-order valence-electron chi connectivity index (χ1n) is 6.12. The molecule has 116 valence electrons. The molecule has 1 unspecified atom stereocenters. The normalized spacial score (nSPS) is 18.7. The van der Waals surface area contributed by atoms with E-state index in [1.165, 1.54) is 0 Å². The summed E-state index contributed by atoms with van der Waals surface area (Å²) in [6.07, 6.45) is 1.78. The molecule has 1 saturated heterocycles. The fourth-order valence-electron chi connectivity index (χ4n) is 1.98. The lowest BCUT2D eigenvalue weighted by atomic mass is 10.2. The standard InChI is InChI=1S/C12H12Cl3NO4S/c13-10-5-8(21(15,18)19)4-9(11(10)14)12(17)16-6-7-2-1-3-20-7/h4-5,7H,1-3,6H2,(H,16,17). The first-order chi connectivity index (χ1) is 9.79. The summed E-state index contributed by atoms with van der Waals surface area (Å²) < 4.78 is 28.1. The van der Waals surface area contributed by atoms with Crippen LogP contribution in [0.5, 0.6) is 0 Å². The Balaban J connectivity index is 2.21. The van der Waals surface area contributed by atoms with Crippen molar-refractivity contribution >= 4 is 48.8 Å². The largest absolute Gasteiger partial charge is 0.376 e. The molecule has 0 radical (unpaired) electrons.